The molecule has 120 valence electrons. The maximum absolute atomic E-state index is 5.26. The predicted molar refractivity (Wildman–Crippen MR) is 93.2 cm³/mol. The molecule has 2 nitrogen and oxygen atoms in total. The van der Waals surface area contributed by atoms with E-state index in [0.717, 1.165) is 21.3 Å². The summed E-state index contributed by atoms with van der Waals surface area (Å²) < 4.78 is 5.26. The van der Waals surface area contributed by atoms with Crippen LogP contribution in [0.2, 0.25) is 0 Å². The summed E-state index contributed by atoms with van der Waals surface area (Å²) in [4.78, 5) is 5.23. The Balaban J connectivity index is 2.00. The zero-order valence-corrected chi connectivity index (χ0v) is 15.1. The number of hydrogen-bond donors (Lipinski definition) is 0. The highest BCUT2D eigenvalue weighted by atomic mass is 32.0. The van der Waals surface area contributed by atoms with E-state index in [4.69, 9.17) is 9.56 Å². The summed E-state index contributed by atoms with van der Waals surface area (Å²) in [7, 11) is 1.52. The quantitative estimate of drug-likeness (QED) is 0.370. The number of rotatable bonds is 0. The van der Waals surface area contributed by atoms with Gasteiger partial charge in [0.05, 0.1) is 15.1 Å². The summed E-state index contributed by atoms with van der Waals surface area (Å²) in [6.07, 6.45) is 21.0. The zero-order valence-electron chi connectivity index (χ0n) is 13.1. The van der Waals surface area contributed by atoms with Gasteiger partial charge < -0.3 is 0 Å². The van der Waals surface area contributed by atoms with E-state index < -0.39 is 0 Å². The van der Waals surface area contributed by atoms with Crippen molar-refractivity contribution in [2.45, 2.75) is 89.9 Å². The van der Waals surface area contributed by atoms with Gasteiger partial charge in [-0.25, -0.2) is 9.56 Å². The van der Waals surface area contributed by atoms with E-state index in [9.17, 15) is 0 Å². The molecule has 4 heteroatoms. The van der Waals surface area contributed by atoms with E-state index in [2.05, 4.69) is 0 Å². The average Bonchev–Trinajstić information content (AvgIpc) is 2.46. The van der Waals surface area contributed by atoms with E-state index in [1.54, 1.807) is 0 Å². The van der Waals surface area contributed by atoms with Gasteiger partial charge in [-0.2, -0.15) is 0 Å². The molecule has 20 heavy (non-hydrogen) atoms. The minimum atomic E-state index is 0.571. The van der Waals surface area contributed by atoms with Crippen molar-refractivity contribution in [1.29, 1.82) is 0 Å². The summed E-state index contributed by atoms with van der Waals surface area (Å²) in [6, 6.07) is 0. The maximum Gasteiger partial charge on any atom is 0.0825 e. The van der Waals surface area contributed by atoms with Gasteiger partial charge in [-0.3, -0.25) is 0 Å². The Morgan fingerprint density at radius 2 is 0.950 bits per heavy atom. The summed E-state index contributed by atoms with van der Waals surface area (Å²) in [6.45, 7) is 0.789. The molecule has 0 spiro atoms. The van der Waals surface area contributed by atoms with E-state index in [1.165, 1.54) is 89.6 Å². The summed E-state index contributed by atoms with van der Waals surface area (Å²) >= 11 is 0. The molecule has 0 aliphatic carbocycles. The molecule has 1 aliphatic rings. The van der Waals surface area contributed by atoms with Crippen molar-refractivity contribution in [3.8, 4) is 0 Å². The molecule has 2 unspecified atom stereocenters. The van der Waals surface area contributed by atoms with Crippen LogP contribution in [0.25, 0.3) is 0 Å². The molecule has 1 heterocycles. The van der Waals surface area contributed by atoms with Crippen LogP contribution < -0.4 is 0 Å². The lowest BCUT2D eigenvalue weighted by atomic mass is 10.0. The standard InChI is InChI=1S/C16H34O2P2/c1-2-4-6-8-10-12-14-16-19-20-18-17-15-13-11-9-7-5-3-1/h19-20H,1-16H2. The van der Waals surface area contributed by atoms with Gasteiger partial charge in [-0.1, -0.05) is 85.3 Å². The number of hydrogen-bond acceptors (Lipinski definition) is 2. The third kappa shape index (κ3) is 13.7. The zero-order chi connectivity index (χ0) is 14.1. The fraction of sp³-hybridized carbons (Fsp3) is 1.00. The highest BCUT2D eigenvalue weighted by Crippen LogP contribution is 2.38. The summed E-state index contributed by atoms with van der Waals surface area (Å²) in [5.41, 5.74) is 0. The van der Waals surface area contributed by atoms with Gasteiger partial charge in [0, 0.05) is 0 Å². The Hall–Kier alpha value is 0.780. The Bertz CT molecular complexity index is 105. The molecular weight excluding hydrogens is 286 g/mol. The molecule has 0 aromatic heterocycles. The van der Waals surface area contributed by atoms with Gasteiger partial charge >= 0.3 is 0 Å². The minimum absolute atomic E-state index is 0.571. The second-order valence-corrected chi connectivity index (χ2v) is 8.78. The van der Waals surface area contributed by atoms with Gasteiger partial charge in [0.2, 0.25) is 0 Å². The molecule has 1 rings (SSSR count). The fourth-order valence-corrected chi connectivity index (χ4v) is 4.57. The molecule has 0 saturated carbocycles. The Morgan fingerprint density at radius 1 is 0.500 bits per heavy atom. The lowest BCUT2D eigenvalue weighted by molar-refractivity contribution is -0.194. The Labute approximate surface area is 129 Å². The predicted octanol–water partition coefficient (Wildman–Crippen LogP) is 6.60. The molecule has 1 saturated heterocycles. The van der Waals surface area contributed by atoms with Crippen LogP contribution in [0.5, 0.6) is 0 Å². The summed E-state index contributed by atoms with van der Waals surface area (Å²) in [5, 5.41) is 0. The van der Waals surface area contributed by atoms with Crippen molar-refractivity contribution in [2.24, 2.45) is 0 Å². The molecule has 0 aromatic carbocycles. The van der Waals surface area contributed by atoms with Gasteiger partial charge in [0.1, 0.15) is 0 Å². The SMILES string of the molecule is C1CCCCCCCCPPOOCCCCCCC1. The van der Waals surface area contributed by atoms with Crippen LogP contribution in [0.4, 0.5) is 0 Å². The first-order chi connectivity index (χ1) is 10.0. The van der Waals surface area contributed by atoms with Crippen LogP contribution >= 0.6 is 16.8 Å². The first-order valence-corrected chi connectivity index (χ1v) is 11.9. The van der Waals surface area contributed by atoms with Crippen molar-refractivity contribution in [2.75, 3.05) is 12.8 Å². The van der Waals surface area contributed by atoms with Crippen LogP contribution in [-0.2, 0) is 9.56 Å². The molecule has 0 bridgehead atoms. The van der Waals surface area contributed by atoms with Crippen molar-refractivity contribution in [1.82, 2.24) is 0 Å². The molecule has 0 radical (unpaired) electrons. The van der Waals surface area contributed by atoms with Gasteiger partial charge in [0.25, 0.3) is 0 Å². The summed E-state index contributed by atoms with van der Waals surface area (Å²) in [5.74, 6) is 0. The topological polar surface area (TPSA) is 18.5 Å². The molecule has 0 N–H and O–H groups in total. The van der Waals surface area contributed by atoms with Crippen LogP contribution in [0.1, 0.15) is 89.9 Å². The molecule has 0 amide bonds. The molecule has 1 aliphatic heterocycles. The minimum Gasteiger partial charge on any atom is -0.233 e. The second kappa shape index (κ2) is 16.2. The molecule has 0 aromatic rings. The van der Waals surface area contributed by atoms with E-state index >= 15 is 0 Å². The normalized spacial score (nSPS) is 26.4. The lowest BCUT2D eigenvalue weighted by Crippen LogP contribution is -1.91. The molecular formula is C16H34O2P2. The highest BCUT2D eigenvalue weighted by molar-refractivity contribution is 8.09. The van der Waals surface area contributed by atoms with Gasteiger partial charge in [0.15, 0.2) is 0 Å². The van der Waals surface area contributed by atoms with Gasteiger partial charge in [-0.15, -0.1) is 0 Å². The monoisotopic (exact) mass is 320 g/mol. The molecule has 2 atom stereocenters. The highest BCUT2D eigenvalue weighted by Gasteiger charge is 1.96. The Kier molecular flexibility index (Phi) is 15.2. The molecule has 1 fully saturated rings. The Morgan fingerprint density at radius 3 is 1.50 bits per heavy atom. The largest absolute Gasteiger partial charge is 0.233 e. The van der Waals surface area contributed by atoms with Crippen LogP contribution in [0.15, 0.2) is 0 Å². The van der Waals surface area contributed by atoms with Crippen LogP contribution in [-0.4, -0.2) is 12.8 Å². The second-order valence-electron chi connectivity index (χ2n) is 5.88. The fourth-order valence-electron chi connectivity index (χ4n) is 2.65. The van der Waals surface area contributed by atoms with E-state index in [0.29, 0.717) is 8.50 Å². The first-order valence-electron chi connectivity index (χ1n) is 8.76. The third-order valence-corrected chi connectivity index (χ3v) is 6.33. The lowest BCUT2D eigenvalue weighted by Gasteiger charge is -2.06. The van der Waals surface area contributed by atoms with Crippen molar-refractivity contribution in [3.05, 3.63) is 0 Å². The van der Waals surface area contributed by atoms with Crippen LogP contribution in [0.3, 0.4) is 0 Å². The van der Waals surface area contributed by atoms with Crippen LogP contribution in [0, 0.1) is 0 Å². The van der Waals surface area contributed by atoms with Crippen molar-refractivity contribution < 1.29 is 9.56 Å². The average molecular weight is 320 g/mol. The van der Waals surface area contributed by atoms with E-state index in [1.807, 2.05) is 0 Å². The maximum atomic E-state index is 5.26. The van der Waals surface area contributed by atoms with Crippen molar-refractivity contribution in [3.63, 3.8) is 0 Å². The van der Waals surface area contributed by atoms with Gasteiger partial charge in [-0.05, 0) is 19.0 Å². The third-order valence-electron chi connectivity index (χ3n) is 3.95. The first kappa shape index (κ1) is 18.8. The van der Waals surface area contributed by atoms with E-state index in [-0.39, 0.29) is 0 Å². The van der Waals surface area contributed by atoms with Crippen molar-refractivity contribution >= 4 is 16.8 Å². The smallest absolute Gasteiger partial charge is 0.0825 e.